The normalized spacial score (nSPS) is 13.6. The molecule has 0 aliphatic rings. The van der Waals surface area contributed by atoms with Crippen LogP contribution in [-0.2, 0) is 10.4 Å². The lowest BCUT2D eigenvalue weighted by molar-refractivity contribution is -0.124. The number of aliphatic hydroxyl groups is 1. The van der Waals surface area contributed by atoms with Crippen LogP contribution in [0.15, 0.2) is 41.8 Å². The van der Waals surface area contributed by atoms with E-state index in [0.717, 1.165) is 4.88 Å². The molecule has 1 aromatic carbocycles. The number of carbonyl (C=O) groups is 1. The van der Waals surface area contributed by atoms with Gasteiger partial charge in [0.05, 0.1) is 6.54 Å². The van der Waals surface area contributed by atoms with Crippen molar-refractivity contribution in [3.63, 3.8) is 0 Å². The smallest absolute Gasteiger partial charge is 0.258 e. The van der Waals surface area contributed by atoms with Gasteiger partial charge in [-0.1, -0.05) is 32.0 Å². The summed E-state index contributed by atoms with van der Waals surface area (Å²) in [6.07, 6.45) is 0. The third-order valence-electron chi connectivity index (χ3n) is 3.60. The predicted octanol–water partition coefficient (Wildman–Crippen LogP) is 3.27. The number of amides is 1. The van der Waals surface area contributed by atoms with Crippen LogP contribution in [-0.4, -0.2) is 24.2 Å². The van der Waals surface area contributed by atoms with Gasteiger partial charge in [-0.15, -0.1) is 11.3 Å². The van der Waals surface area contributed by atoms with Crippen LogP contribution in [0.2, 0.25) is 0 Å². The molecule has 1 amide bonds. The summed E-state index contributed by atoms with van der Waals surface area (Å²) < 4.78 is 5.47. The predicted molar refractivity (Wildman–Crippen MR) is 92.9 cm³/mol. The first-order valence-electron chi connectivity index (χ1n) is 7.64. The Bertz CT molecular complexity index is 618. The lowest BCUT2D eigenvalue weighted by Gasteiger charge is -2.22. The van der Waals surface area contributed by atoms with E-state index in [1.165, 1.54) is 16.9 Å². The lowest BCUT2D eigenvalue weighted by atomic mass is 10.0. The second-order valence-electron chi connectivity index (χ2n) is 6.04. The van der Waals surface area contributed by atoms with Gasteiger partial charge in [-0.25, -0.2) is 0 Å². The Labute approximate surface area is 141 Å². The summed E-state index contributed by atoms with van der Waals surface area (Å²) in [5, 5.41) is 14.9. The van der Waals surface area contributed by atoms with Crippen LogP contribution in [0, 0.1) is 0 Å². The van der Waals surface area contributed by atoms with E-state index in [1.807, 2.05) is 41.8 Å². The van der Waals surface area contributed by atoms with Crippen molar-refractivity contribution in [3.05, 3.63) is 52.2 Å². The van der Waals surface area contributed by atoms with Gasteiger partial charge in [-0.3, -0.25) is 4.79 Å². The molecule has 1 aromatic heterocycles. The Morgan fingerprint density at radius 1 is 1.30 bits per heavy atom. The molecule has 0 spiro atoms. The summed E-state index contributed by atoms with van der Waals surface area (Å²) in [6, 6.07) is 11.5. The van der Waals surface area contributed by atoms with Gasteiger partial charge in [0.25, 0.3) is 5.91 Å². The summed E-state index contributed by atoms with van der Waals surface area (Å²) in [5.41, 5.74) is 0.164. The molecule has 1 atom stereocenters. The van der Waals surface area contributed by atoms with E-state index in [0.29, 0.717) is 11.7 Å². The van der Waals surface area contributed by atoms with Gasteiger partial charge in [0.15, 0.2) is 6.61 Å². The minimum Gasteiger partial charge on any atom is -0.484 e. The summed E-state index contributed by atoms with van der Waals surface area (Å²) in [4.78, 5) is 12.7. The van der Waals surface area contributed by atoms with Gasteiger partial charge < -0.3 is 15.2 Å². The maximum atomic E-state index is 11.9. The van der Waals surface area contributed by atoms with E-state index in [-0.39, 0.29) is 19.1 Å². The van der Waals surface area contributed by atoms with Crippen LogP contribution >= 0.6 is 11.3 Å². The van der Waals surface area contributed by atoms with Crippen LogP contribution < -0.4 is 10.1 Å². The third kappa shape index (κ3) is 5.08. The Kier molecular flexibility index (Phi) is 5.80. The molecule has 0 bridgehead atoms. The fourth-order valence-corrected chi connectivity index (χ4v) is 2.88. The Hall–Kier alpha value is -1.85. The van der Waals surface area contributed by atoms with Crippen molar-refractivity contribution in [3.8, 4) is 5.75 Å². The average Bonchev–Trinajstić information content (AvgIpc) is 3.06. The molecule has 0 radical (unpaired) electrons. The third-order valence-corrected chi connectivity index (χ3v) is 4.72. The molecule has 5 heteroatoms. The molecule has 4 nitrogen and oxygen atoms in total. The number of nitrogens with one attached hydrogen (secondary N) is 1. The molecule has 0 fully saturated rings. The van der Waals surface area contributed by atoms with Gasteiger partial charge in [0, 0.05) is 4.88 Å². The molecule has 2 rings (SSSR count). The van der Waals surface area contributed by atoms with Crippen LogP contribution in [0.3, 0.4) is 0 Å². The second kappa shape index (κ2) is 7.62. The quantitative estimate of drug-likeness (QED) is 0.817. The number of benzene rings is 1. The minimum absolute atomic E-state index is 0.0679. The molecule has 0 saturated heterocycles. The molecular weight excluding hydrogens is 310 g/mol. The Morgan fingerprint density at radius 2 is 2.00 bits per heavy atom. The highest BCUT2D eigenvalue weighted by Gasteiger charge is 2.24. The molecule has 124 valence electrons. The first-order chi connectivity index (χ1) is 10.9. The fourth-order valence-electron chi connectivity index (χ4n) is 2.09. The van der Waals surface area contributed by atoms with Crippen molar-refractivity contribution in [2.24, 2.45) is 0 Å². The highest BCUT2D eigenvalue weighted by molar-refractivity contribution is 7.10. The van der Waals surface area contributed by atoms with E-state index < -0.39 is 5.60 Å². The zero-order valence-electron chi connectivity index (χ0n) is 13.7. The zero-order valence-corrected chi connectivity index (χ0v) is 14.5. The standard InChI is InChI=1S/C18H23NO3S/c1-13(2)14-6-8-15(9-7-14)22-11-17(20)19-12-18(3,21)16-5-4-10-23-16/h4-10,13,21H,11-12H2,1-3H3,(H,19,20). The summed E-state index contributed by atoms with van der Waals surface area (Å²) in [5.74, 6) is 0.871. The molecule has 1 unspecified atom stereocenters. The van der Waals surface area contributed by atoms with Crippen molar-refractivity contribution in [1.82, 2.24) is 5.32 Å². The van der Waals surface area contributed by atoms with Crippen LogP contribution in [0.5, 0.6) is 5.75 Å². The number of rotatable bonds is 7. The van der Waals surface area contributed by atoms with Crippen LogP contribution in [0.25, 0.3) is 0 Å². The van der Waals surface area contributed by atoms with Crippen molar-refractivity contribution in [1.29, 1.82) is 0 Å². The monoisotopic (exact) mass is 333 g/mol. The first kappa shape index (κ1) is 17.5. The molecule has 0 aliphatic carbocycles. The van der Waals surface area contributed by atoms with Gasteiger partial charge in [-0.2, -0.15) is 0 Å². The Balaban J connectivity index is 1.79. The molecule has 2 N–H and O–H groups in total. The van der Waals surface area contributed by atoms with Crippen molar-refractivity contribution in [2.45, 2.75) is 32.3 Å². The molecule has 2 aromatic rings. The topological polar surface area (TPSA) is 58.6 Å². The van der Waals surface area contributed by atoms with E-state index >= 15 is 0 Å². The van der Waals surface area contributed by atoms with Gasteiger partial charge in [0.1, 0.15) is 11.4 Å². The minimum atomic E-state index is -1.07. The van der Waals surface area contributed by atoms with E-state index in [4.69, 9.17) is 4.74 Å². The Morgan fingerprint density at radius 3 is 2.57 bits per heavy atom. The van der Waals surface area contributed by atoms with E-state index in [9.17, 15) is 9.90 Å². The molecule has 23 heavy (non-hydrogen) atoms. The zero-order chi connectivity index (χ0) is 16.9. The van der Waals surface area contributed by atoms with E-state index in [1.54, 1.807) is 6.92 Å². The largest absolute Gasteiger partial charge is 0.484 e. The molecule has 1 heterocycles. The maximum Gasteiger partial charge on any atom is 0.258 e. The summed E-state index contributed by atoms with van der Waals surface area (Å²) in [6.45, 7) is 6.03. The van der Waals surface area contributed by atoms with E-state index in [2.05, 4.69) is 19.2 Å². The second-order valence-corrected chi connectivity index (χ2v) is 6.99. The molecular formula is C18H23NO3S. The fraction of sp³-hybridized carbons (Fsp3) is 0.389. The average molecular weight is 333 g/mol. The number of hydrogen-bond acceptors (Lipinski definition) is 4. The summed E-state index contributed by atoms with van der Waals surface area (Å²) in [7, 11) is 0. The highest BCUT2D eigenvalue weighted by Crippen LogP contribution is 2.24. The molecule has 0 aliphatic heterocycles. The SMILES string of the molecule is CC(C)c1ccc(OCC(=O)NCC(C)(O)c2cccs2)cc1. The highest BCUT2D eigenvalue weighted by atomic mass is 32.1. The van der Waals surface area contributed by atoms with Crippen molar-refractivity contribution < 1.29 is 14.6 Å². The van der Waals surface area contributed by atoms with Crippen LogP contribution in [0.1, 0.15) is 37.1 Å². The number of hydrogen-bond donors (Lipinski definition) is 2. The number of carbonyl (C=O) groups excluding carboxylic acids is 1. The summed E-state index contributed by atoms with van der Waals surface area (Å²) >= 11 is 1.46. The lowest BCUT2D eigenvalue weighted by Crippen LogP contribution is -2.40. The van der Waals surface area contributed by atoms with Crippen LogP contribution in [0.4, 0.5) is 0 Å². The molecule has 0 saturated carbocycles. The van der Waals surface area contributed by atoms with Gasteiger partial charge >= 0.3 is 0 Å². The van der Waals surface area contributed by atoms with Gasteiger partial charge in [0.2, 0.25) is 0 Å². The first-order valence-corrected chi connectivity index (χ1v) is 8.52. The maximum absolute atomic E-state index is 11.9. The van der Waals surface area contributed by atoms with Gasteiger partial charge in [-0.05, 0) is 42.0 Å². The number of ether oxygens (including phenoxy) is 1. The van der Waals surface area contributed by atoms with Crippen molar-refractivity contribution in [2.75, 3.05) is 13.2 Å². The van der Waals surface area contributed by atoms with Crippen molar-refractivity contribution >= 4 is 17.2 Å². The number of thiophene rings is 1.